The molecule has 1 atom stereocenters. The molecule has 23 heavy (non-hydrogen) atoms. The van der Waals surface area contributed by atoms with E-state index in [9.17, 15) is 4.57 Å². The maximum Gasteiger partial charge on any atom is 0.405 e. The van der Waals surface area contributed by atoms with Crippen LogP contribution >= 0.6 is 7.75 Å². The van der Waals surface area contributed by atoms with Crippen LogP contribution in [0.4, 0.5) is 0 Å². The monoisotopic (exact) mass is 350 g/mol. The number of nitrogens with two attached hydrogens (primary N) is 1. The Bertz CT molecular complexity index is 291. The van der Waals surface area contributed by atoms with E-state index in [1.807, 2.05) is 6.92 Å². The number of hydrogen-bond donors (Lipinski definition) is 2. The van der Waals surface area contributed by atoms with Gasteiger partial charge in [0.2, 0.25) is 0 Å². The largest absolute Gasteiger partial charge is 0.405 e. The fourth-order valence-corrected chi connectivity index (χ4v) is 3.78. The molecule has 0 saturated heterocycles. The van der Waals surface area contributed by atoms with Crippen molar-refractivity contribution in [2.75, 3.05) is 26.3 Å². The Morgan fingerprint density at radius 1 is 0.826 bits per heavy atom. The van der Waals surface area contributed by atoms with Gasteiger partial charge in [-0.1, -0.05) is 58.3 Å². The Morgan fingerprint density at radius 3 is 2.04 bits per heavy atom. The molecule has 0 aromatic carbocycles. The van der Waals surface area contributed by atoms with Crippen molar-refractivity contribution in [1.29, 1.82) is 0 Å². The van der Waals surface area contributed by atoms with Crippen LogP contribution in [0.1, 0.15) is 84.5 Å². The summed E-state index contributed by atoms with van der Waals surface area (Å²) in [5.74, 6) is 0. The first-order valence-corrected chi connectivity index (χ1v) is 11.1. The van der Waals surface area contributed by atoms with Crippen molar-refractivity contribution in [2.24, 2.45) is 5.73 Å². The highest BCUT2D eigenvalue weighted by molar-refractivity contribution is 7.51. The Labute approximate surface area is 143 Å². The molecule has 0 aromatic heterocycles. The SMILES string of the molecule is CCCCCCCCCCOP(=O)(NCCCCCN)OCC. The lowest BCUT2D eigenvalue weighted by molar-refractivity contribution is 0.199. The third-order valence-corrected chi connectivity index (χ3v) is 5.48. The molecule has 0 heterocycles. The molecule has 0 spiro atoms. The summed E-state index contributed by atoms with van der Waals surface area (Å²) in [7, 11) is -3.12. The van der Waals surface area contributed by atoms with Gasteiger partial charge in [0, 0.05) is 6.54 Å². The zero-order chi connectivity index (χ0) is 17.2. The zero-order valence-corrected chi connectivity index (χ0v) is 16.3. The molecule has 0 aliphatic carbocycles. The molecule has 0 radical (unpaired) electrons. The normalized spacial score (nSPS) is 14.0. The van der Waals surface area contributed by atoms with Crippen LogP contribution in [0, 0.1) is 0 Å². The lowest BCUT2D eigenvalue weighted by Crippen LogP contribution is -2.17. The lowest BCUT2D eigenvalue weighted by Gasteiger charge is -2.18. The number of nitrogens with one attached hydrogen (secondary N) is 1. The van der Waals surface area contributed by atoms with Gasteiger partial charge in [-0.05, 0) is 32.7 Å². The highest BCUT2D eigenvalue weighted by Crippen LogP contribution is 2.43. The molecule has 140 valence electrons. The van der Waals surface area contributed by atoms with Crippen molar-refractivity contribution in [1.82, 2.24) is 5.09 Å². The fourth-order valence-electron chi connectivity index (χ4n) is 2.38. The molecule has 0 aliphatic rings. The fraction of sp³-hybridized carbons (Fsp3) is 1.00. The van der Waals surface area contributed by atoms with Gasteiger partial charge in [0.15, 0.2) is 0 Å². The Kier molecular flexibility index (Phi) is 17.0. The van der Waals surface area contributed by atoms with E-state index in [0.29, 0.717) is 26.3 Å². The summed E-state index contributed by atoms with van der Waals surface area (Å²) in [6.45, 7) is 6.32. The van der Waals surface area contributed by atoms with Crippen LogP contribution in [0.5, 0.6) is 0 Å². The van der Waals surface area contributed by atoms with Crippen molar-refractivity contribution in [3.8, 4) is 0 Å². The van der Waals surface area contributed by atoms with Gasteiger partial charge >= 0.3 is 7.75 Å². The minimum atomic E-state index is -3.12. The van der Waals surface area contributed by atoms with E-state index in [1.165, 1.54) is 38.5 Å². The van der Waals surface area contributed by atoms with Gasteiger partial charge in [-0.15, -0.1) is 0 Å². The summed E-state index contributed by atoms with van der Waals surface area (Å²) in [6.07, 6.45) is 12.9. The zero-order valence-electron chi connectivity index (χ0n) is 15.4. The average Bonchev–Trinajstić information content (AvgIpc) is 2.53. The minimum absolute atomic E-state index is 0.393. The summed E-state index contributed by atoms with van der Waals surface area (Å²) >= 11 is 0. The average molecular weight is 350 g/mol. The van der Waals surface area contributed by atoms with Gasteiger partial charge in [0.05, 0.1) is 13.2 Å². The highest BCUT2D eigenvalue weighted by atomic mass is 31.2. The molecule has 0 bridgehead atoms. The lowest BCUT2D eigenvalue weighted by atomic mass is 10.1. The third kappa shape index (κ3) is 15.3. The van der Waals surface area contributed by atoms with Crippen LogP contribution in [0.3, 0.4) is 0 Å². The molecule has 0 aliphatic heterocycles. The van der Waals surface area contributed by atoms with Crippen molar-refractivity contribution in [2.45, 2.75) is 84.5 Å². The van der Waals surface area contributed by atoms with E-state index >= 15 is 0 Å². The van der Waals surface area contributed by atoms with Crippen LogP contribution in [-0.4, -0.2) is 26.3 Å². The smallest absolute Gasteiger partial charge is 0.330 e. The maximum absolute atomic E-state index is 12.5. The van der Waals surface area contributed by atoms with Crippen molar-refractivity contribution in [3.05, 3.63) is 0 Å². The van der Waals surface area contributed by atoms with Crippen molar-refractivity contribution >= 4 is 7.75 Å². The molecule has 0 rings (SSSR count). The van der Waals surface area contributed by atoms with E-state index in [4.69, 9.17) is 14.8 Å². The highest BCUT2D eigenvalue weighted by Gasteiger charge is 2.22. The van der Waals surface area contributed by atoms with Crippen LogP contribution in [-0.2, 0) is 13.6 Å². The third-order valence-electron chi connectivity index (χ3n) is 3.74. The first-order valence-electron chi connectivity index (χ1n) is 9.52. The standard InChI is InChI=1S/C17H39N2O3P/c1-3-5-6-7-8-9-10-14-17-22-23(20,21-4-2)19-16-13-11-12-15-18/h3-18H2,1-2H3,(H,19,20). The second-order valence-corrected chi connectivity index (χ2v) is 7.81. The Morgan fingerprint density at radius 2 is 1.43 bits per heavy atom. The van der Waals surface area contributed by atoms with E-state index in [-0.39, 0.29) is 0 Å². The Balaban J connectivity index is 3.67. The summed E-state index contributed by atoms with van der Waals surface area (Å²) in [5.41, 5.74) is 5.46. The van der Waals surface area contributed by atoms with Gasteiger partial charge in [0.25, 0.3) is 0 Å². The quantitative estimate of drug-likeness (QED) is 0.269. The van der Waals surface area contributed by atoms with Crippen LogP contribution in [0.25, 0.3) is 0 Å². The van der Waals surface area contributed by atoms with E-state index in [0.717, 1.165) is 32.1 Å². The van der Waals surface area contributed by atoms with Crippen LogP contribution in [0.2, 0.25) is 0 Å². The molecule has 0 fully saturated rings. The predicted molar refractivity (Wildman–Crippen MR) is 98.7 cm³/mol. The summed E-state index contributed by atoms with van der Waals surface area (Å²) < 4.78 is 23.3. The molecule has 0 amide bonds. The first-order chi connectivity index (χ1) is 11.2. The maximum atomic E-state index is 12.5. The van der Waals surface area contributed by atoms with Gasteiger partial charge in [-0.25, -0.2) is 9.65 Å². The van der Waals surface area contributed by atoms with Crippen LogP contribution in [0.15, 0.2) is 0 Å². The van der Waals surface area contributed by atoms with Gasteiger partial charge in [-0.3, -0.25) is 9.05 Å². The van der Waals surface area contributed by atoms with E-state index in [2.05, 4.69) is 12.0 Å². The molecule has 1 unspecified atom stereocenters. The number of hydrogen-bond acceptors (Lipinski definition) is 4. The topological polar surface area (TPSA) is 73.6 Å². The van der Waals surface area contributed by atoms with Crippen LogP contribution < -0.4 is 10.8 Å². The number of unbranched alkanes of at least 4 members (excludes halogenated alkanes) is 9. The molecule has 6 heteroatoms. The Hall–Kier alpha value is 0.0700. The molecule has 0 aromatic rings. The van der Waals surface area contributed by atoms with Gasteiger partial charge in [0.1, 0.15) is 0 Å². The summed E-state index contributed by atoms with van der Waals surface area (Å²) in [5, 5.41) is 2.95. The second-order valence-electron chi connectivity index (χ2n) is 5.98. The molecule has 0 saturated carbocycles. The summed E-state index contributed by atoms with van der Waals surface area (Å²) in [6, 6.07) is 0. The second kappa shape index (κ2) is 16.9. The molecular formula is C17H39N2O3P. The van der Waals surface area contributed by atoms with Gasteiger partial charge in [-0.2, -0.15) is 0 Å². The first kappa shape index (κ1) is 23.1. The molecule has 5 nitrogen and oxygen atoms in total. The molecular weight excluding hydrogens is 311 g/mol. The minimum Gasteiger partial charge on any atom is -0.330 e. The van der Waals surface area contributed by atoms with Crippen molar-refractivity contribution in [3.63, 3.8) is 0 Å². The van der Waals surface area contributed by atoms with E-state index in [1.54, 1.807) is 0 Å². The summed E-state index contributed by atoms with van der Waals surface area (Å²) in [4.78, 5) is 0. The number of rotatable bonds is 18. The predicted octanol–water partition coefficient (Wildman–Crippen LogP) is 5.01. The van der Waals surface area contributed by atoms with Crippen molar-refractivity contribution < 1.29 is 13.6 Å². The van der Waals surface area contributed by atoms with Gasteiger partial charge < -0.3 is 5.73 Å². The molecule has 3 N–H and O–H groups in total. The van der Waals surface area contributed by atoms with E-state index < -0.39 is 7.75 Å².